The van der Waals surface area contributed by atoms with Crippen LogP contribution < -0.4 is 5.32 Å². The molecule has 9 nitrogen and oxygen atoms in total. The zero-order chi connectivity index (χ0) is 28.7. The molecule has 1 saturated heterocycles. The lowest BCUT2D eigenvalue weighted by molar-refractivity contribution is -0.120. The van der Waals surface area contributed by atoms with Crippen LogP contribution in [0.4, 0.5) is 0 Å². The molecule has 2 amide bonds. The highest BCUT2D eigenvalue weighted by atomic mass is 16.2. The van der Waals surface area contributed by atoms with Crippen LogP contribution in [0.1, 0.15) is 61.3 Å². The summed E-state index contributed by atoms with van der Waals surface area (Å²) in [4.78, 5) is 35.1. The van der Waals surface area contributed by atoms with Gasteiger partial charge in [-0.05, 0) is 84.5 Å². The molecule has 2 unspecified atom stereocenters. The van der Waals surface area contributed by atoms with E-state index in [1.807, 2.05) is 52.2 Å². The molecule has 40 heavy (non-hydrogen) atoms. The summed E-state index contributed by atoms with van der Waals surface area (Å²) in [6.07, 6.45) is 8.23. The number of carbonyl (C=O) groups is 2. The maximum absolute atomic E-state index is 13.7. The molecule has 0 saturated carbocycles. The molecule has 3 aromatic rings. The van der Waals surface area contributed by atoms with E-state index in [1.54, 1.807) is 4.68 Å². The molecule has 3 aromatic heterocycles. The molecular formula is C31H41N7O2. The van der Waals surface area contributed by atoms with E-state index < -0.39 is 5.92 Å². The molecular weight excluding hydrogens is 502 g/mol. The third kappa shape index (κ3) is 5.40. The van der Waals surface area contributed by atoms with Gasteiger partial charge >= 0.3 is 0 Å². The van der Waals surface area contributed by atoms with Gasteiger partial charge in [0.2, 0.25) is 0 Å². The van der Waals surface area contributed by atoms with Crippen molar-refractivity contribution in [2.75, 3.05) is 33.7 Å². The van der Waals surface area contributed by atoms with E-state index in [-0.39, 0.29) is 24.4 Å². The Bertz CT molecular complexity index is 1500. The van der Waals surface area contributed by atoms with Crippen LogP contribution in [0.15, 0.2) is 47.2 Å². The number of allylic oxidation sites excluding steroid dienone is 1. The van der Waals surface area contributed by atoms with Crippen molar-refractivity contribution in [3.8, 4) is 11.3 Å². The predicted molar refractivity (Wildman–Crippen MR) is 159 cm³/mol. The summed E-state index contributed by atoms with van der Waals surface area (Å²) in [5, 5.41) is 7.65. The fourth-order valence-electron chi connectivity index (χ4n) is 6.24. The van der Waals surface area contributed by atoms with E-state index in [2.05, 4.69) is 62.9 Å². The highest BCUT2D eigenvalue weighted by Crippen LogP contribution is 2.33. The van der Waals surface area contributed by atoms with Gasteiger partial charge in [-0.15, -0.1) is 0 Å². The number of fused-ring (bicyclic) bond motifs is 1. The Morgan fingerprint density at radius 1 is 1.18 bits per heavy atom. The van der Waals surface area contributed by atoms with Crippen molar-refractivity contribution in [2.24, 2.45) is 18.0 Å². The molecule has 0 radical (unpaired) electrons. The van der Waals surface area contributed by atoms with E-state index in [1.165, 1.54) is 0 Å². The summed E-state index contributed by atoms with van der Waals surface area (Å²) in [5.74, 6) is -0.809. The van der Waals surface area contributed by atoms with E-state index in [9.17, 15) is 9.59 Å². The fourth-order valence-corrected chi connectivity index (χ4v) is 6.24. The third-order valence-electron chi connectivity index (χ3n) is 8.65. The van der Waals surface area contributed by atoms with Crippen LogP contribution in [0.3, 0.4) is 0 Å². The van der Waals surface area contributed by atoms with Gasteiger partial charge in [-0.1, -0.05) is 5.57 Å². The van der Waals surface area contributed by atoms with E-state index in [0.29, 0.717) is 17.3 Å². The van der Waals surface area contributed by atoms with Gasteiger partial charge in [-0.2, -0.15) is 5.10 Å². The number of aryl methyl sites for hydroxylation is 1. The fraction of sp³-hybridized carbons (Fsp3) is 0.484. The van der Waals surface area contributed by atoms with Gasteiger partial charge in [0.05, 0.1) is 11.6 Å². The van der Waals surface area contributed by atoms with Crippen LogP contribution in [0.25, 0.3) is 16.8 Å². The summed E-state index contributed by atoms with van der Waals surface area (Å²) in [6, 6.07) is 6.77. The monoisotopic (exact) mass is 543 g/mol. The predicted octanol–water partition coefficient (Wildman–Crippen LogP) is 4.03. The first-order valence-electron chi connectivity index (χ1n) is 14.1. The van der Waals surface area contributed by atoms with Crippen molar-refractivity contribution < 1.29 is 9.59 Å². The highest BCUT2D eigenvalue weighted by molar-refractivity contribution is 6.06. The van der Waals surface area contributed by atoms with Crippen molar-refractivity contribution in [1.29, 1.82) is 0 Å². The van der Waals surface area contributed by atoms with Gasteiger partial charge < -0.3 is 14.6 Å². The first-order chi connectivity index (χ1) is 19.0. The van der Waals surface area contributed by atoms with Crippen molar-refractivity contribution in [1.82, 2.24) is 29.3 Å². The number of nitrogens with one attached hydrogen (secondary N) is 1. The number of pyridine rings is 1. The first-order valence-corrected chi connectivity index (χ1v) is 14.1. The maximum Gasteiger partial charge on any atom is 0.254 e. The first kappa shape index (κ1) is 28.0. The molecule has 212 valence electrons. The summed E-state index contributed by atoms with van der Waals surface area (Å²) in [7, 11) is 6.23. The molecule has 0 aromatic carbocycles. The molecule has 2 atom stereocenters. The van der Waals surface area contributed by atoms with E-state index >= 15 is 0 Å². The second-order valence-electron chi connectivity index (χ2n) is 11.6. The summed E-state index contributed by atoms with van der Waals surface area (Å²) < 4.78 is 4.03. The zero-order valence-corrected chi connectivity index (χ0v) is 24.7. The minimum Gasteiger partial charge on any atom is -0.351 e. The second kappa shape index (κ2) is 11.1. The van der Waals surface area contributed by atoms with Gasteiger partial charge in [0, 0.05) is 79.2 Å². The average molecular weight is 544 g/mol. The molecule has 0 spiro atoms. The molecule has 5 rings (SSSR count). The van der Waals surface area contributed by atoms with Crippen molar-refractivity contribution >= 4 is 23.0 Å². The van der Waals surface area contributed by atoms with Gasteiger partial charge in [-0.25, -0.2) is 4.99 Å². The Morgan fingerprint density at radius 2 is 1.90 bits per heavy atom. The SMILES string of the molecule is CC1=CC(C)=NC(=O)C1CNC(=O)c1cc2cc(-c3ccn(C)n3)cn2c(C(C)N2CCC(N(C)C)CC2)c1C. The Labute approximate surface area is 236 Å². The minimum atomic E-state index is -0.433. The summed E-state index contributed by atoms with van der Waals surface area (Å²) in [5.41, 5.74) is 7.18. The Balaban J connectivity index is 1.49. The van der Waals surface area contributed by atoms with Crippen molar-refractivity contribution in [3.05, 3.63) is 59.1 Å². The lowest BCUT2D eigenvalue weighted by atomic mass is 9.95. The minimum absolute atomic E-state index is 0.116. The van der Waals surface area contributed by atoms with Gasteiger partial charge in [-0.3, -0.25) is 19.2 Å². The normalized spacial score (nSPS) is 19.7. The highest BCUT2D eigenvalue weighted by Gasteiger charge is 2.29. The molecule has 2 aliphatic heterocycles. The number of hydrogen-bond acceptors (Lipinski definition) is 5. The molecule has 1 fully saturated rings. The number of dihydropyridines is 1. The average Bonchev–Trinajstić information content (AvgIpc) is 3.53. The van der Waals surface area contributed by atoms with Crippen LogP contribution in [0.2, 0.25) is 0 Å². The van der Waals surface area contributed by atoms with Crippen LogP contribution in [0, 0.1) is 12.8 Å². The Hall–Kier alpha value is -3.56. The van der Waals surface area contributed by atoms with Crippen molar-refractivity contribution in [3.63, 3.8) is 0 Å². The number of likely N-dealkylation sites (tertiary alicyclic amines) is 1. The molecule has 0 aliphatic carbocycles. The standard InChI is InChI=1S/C31H41N7O2/c1-19-14-20(2)33-31(40)27(19)17-32-30(39)26-16-25-15-23(28-10-11-36(7)34-28)18-38(25)29(21(26)3)22(4)37-12-8-24(9-13-37)35(5)6/h10-11,14-16,18,22,24,27H,8-9,12-13,17H2,1-7H3,(H,32,39). The van der Waals surface area contributed by atoms with E-state index in [0.717, 1.165) is 59.5 Å². The van der Waals surface area contributed by atoms with Crippen LogP contribution in [0.5, 0.6) is 0 Å². The molecule has 0 bridgehead atoms. The van der Waals surface area contributed by atoms with E-state index in [4.69, 9.17) is 0 Å². The molecule has 1 N–H and O–H groups in total. The zero-order valence-electron chi connectivity index (χ0n) is 24.7. The molecule has 2 aliphatic rings. The van der Waals surface area contributed by atoms with Gasteiger partial charge in [0.25, 0.3) is 11.8 Å². The lowest BCUT2D eigenvalue weighted by Crippen LogP contribution is -2.43. The largest absolute Gasteiger partial charge is 0.351 e. The maximum atomic E-state index is 13.7. The second-order valence-corrected chi connectivity index (χ2v) is 11.6. The summed E-state index contributed by atoms with van der Waals surface area (Å²) in [6.45, 7) is 10.3. The topological polar surface area (TPSA) is 87.2 Å². The number of hydrogen-bond donors (Lipinski definition) is 1. The lowest BCUT2D eigenvalue weighted by Gasteiger charge is -2.39. The van der Waals surface area contributed by atoms with Crippen molar-refractivity contribution in [2.45, 2.75) is 52.6 Å². The number of amides is 2. The number of carbonyl (C=O) groups excluding carboxylic acids is 2. The Morgan fingerprint density at radius 3 is 2.52 bits per heavy atom. The number of rotatable bonds is 7. The third-order valence-corrected chi connectivity index (χ3v) is 8.65. The molecule has 5 heterocycles. The Kier molecular flexibility index (Phi) is 7.79. The van der Waals surface area contributed by atoms with Gasteiger partial charge in [0.15, 0.2) is 0 Å². The molecule has 9 heteroatoms. The number of piperidine rings is 1. The van der Waals surface area contributed by atoms with Crippen LogP contribution in [-0.4, -0.2) is 81.3 Å². The number of nitrogens with zero attached hydrogens (tertiary/aromatic N) is 6. The number of aromatic nitrogens is 3. The van der Waals surface area contributed by atoms with Gasteiger partial charge in [0.1, 0.15) is 0 Å². The smallest absolute Gasteiger partial charge is 0.254 e. The summed E-state index contributed by atoms with van der Waals surface area (Å²) >= 11 is 0. The van der Waals surface area contributed by atoms with Crippen LogP contribution >= 0.6 is 0 Å². The van der Waals surface area contributed by atoms with Crippen LogP contribution in [-0.2, 0) is 11.8 Å². The quantitative estimate of drug-likeness (QED) is 0.486. The number of aliphatic imine (C=N–C) groups is 1.